The summed E-state index contributed by atoms with van der Waals surface area (Å²) in [5.41, 5.74) is 1.23. The zero-order valence-corrected chi connectivity index (χ0v) is 21.4. The summed E-state index contributed by atoms with van der Waals surface area (Å²) in [6, 6.07) is 11.8. The van der Waals surface area contributed by atoms with Crippen molar-refractivity contribution in [2.75, 3.05) is 13.1 Å². The molecule has 8 heteroatoms. The van der Waals surface area contributed by atoms with E-state index in [-0.39, 0.29) is 28.2 Å². The number of aromatic amines is 1. The number of likely N-dealkylation sites (tertiary alicyclic amines) is 1. The Morgan fingerprint density at radius 3 is 2.62 bits per heavy atom. The number of halogens is 1. The Morgan fingerprint density at radius 1 is 1.21 bits per heavy atom. The number of carbonyl (C=O) groups excluding carboxylic acids is 1. The number of rotatable bonds is 5. The minimum absolute atomic E-state index is 0.0206. The maximum absolute atomic E-state index is 14.7. The second kappa shape index (κ2) is 9.07. The van der Waals surface area contributed by atoms with Crippen molar-refractivity contribution in [2.24, 2.45) is 0 Å². The Balaban J connectivity index is 1.53. The third-order valence-electron chi connectivity index (χ3n) is 7.11. The van der Waals surface area contributed by atoms with Crippen LogP contribution in [0.5, 0.6) is 0 Å². The van der Waals surface area contributed by atoms with Crippen LogP contribution in [0.2, 0.25) is 18.1 Å². The monoisotopic (exact) mass is 481 g/mol. The van der Waals surface area contributed by atoms with Gasteiger partial charge in [0.05, 0.1) is 22.7 Å². The standard InChI is InChI=1S/C26H32FN3O3Si/c1-26(2,3)34(4,5)33-18-12-13-30(16-18)25(32)21-14-17(10-11-22(21)27)15-23-19-8-6-7-9-20(19)24(31)29-28-23/h6-11,14,18H,12-13,15-16H2,1-5H3,(H,29,31)/t18-/m1/s1. The molecule has 2 heterocycles. The van der Waals surface area contributed by atoms with Crippen molar-refractivity contribution in [3.63, 3.8) is 0 Å². The third-order valence-corrected chi connectivity index (χ3v) is 11.6. The molecule has 0 bridgehead atoms. The summed E-state index contributed by atoms with van der Waals surface area (Å²) in [4.78, 5) is 27.0. The van der Waals surface area contributed by atoms with Crippen LogP contribution in [-0.4, -0.2) is 48.5 Å². The molecule has 0 spiro atoms. The summed E-state index contributed by atoms with van der Waals surface area (Å²) in [6.45, 7) is 12.0. The number of nitrogens with zero attached hydrogens (tertiary/aromatic N) is 2. The first-order valence-corrected chi connectivity index (χ1v) is 14.6. The molecule has 1 amide bonds. The van der Waals surface area contributed by atoms with E-state index in [1.165, 1.54) is 6.07 Å². The van der Waals surface area contributed by atoms with Crippen LogP contribution in [0.3, 0.4) is 0 Å². The Hall–Kier alpha value is -2.84. The van der Waals surface area contributed by atoms with Gasteiger partial charge in [0.2, 0.25) is 0 Å². The molecule has 2 aromatic carbocycles. The van der Waals surface area contributed by atoms with E-state index in [9.17, 15) is 14.0 Å². The highest BCUT2D eigenvalue weighted by atomic mass is 28.4. The summed E-state index contributed by atoms with van der Waals surface area (Å²) < 4.78 is 21.2. The minimum Gasteiger partial charge on any atom is -0.412 e. The van der Waals surface area contributed by atoms with Gasteiger partial charge in [-0.2, -0.15) is 5.10 Å². The molecule has 1 aliphatic rings. The number of hydrogen-bond donors (Lipinski definition) is 1. The SMILES string of the molecule is CC(C)(C)[Si](C)(C)O[C@@H]1CCN(C(=O)c2cc(Cc3n[nH]c(=O)c4ccccc34)ccc2F)C1. The smallest absolute Gasteiger partial charge is 0.272 e. The van der Waals surface area contributed by atoms with Crippen molar-refractivity contribution in [3.05, 3.63) is 75.5 Å². The summed E-state index contributed by atoms with van der Waals surface area (Å²) in [6.07, 6.45) is 1.11. The molecular formula is C26H32FN3O3Si. The molecular weight excluding hydrogens is 449 g/mol. The van der Waals surface area contributed by atoms with Crippen molar-refractivity contribution in [3.8, 4) is 0 Å². The molecule has 1 fully saturated rings. The van der Waals surface area contributed by atoms with Crippen molar-refractivity contribution in [2.45, 2.75) is 57.8 Å². The van der Waals surface area contributed by atoms with Crippen LogP contribution in [0.4, 0.5) is 4.39 Å². The Bertz CT molecular complexity index is 1280. The zero-order valence-electron chi connectivity index (χ0n) is 20.4. The fourth-order valence-electron chi connectivity index (χ4n) is 4.12. The maximum Gasteiger partial charge on any atom is 0.272 e. The molecule has 0 saturated carbocycles. The number of fused-ring (bicyclic) bond motifs is 1. The van der Waals surface area contributed by atoms with Gasteiger partial charge in [0.1, 0.15) is 5.82 Å². The molecule has 4 rings (SSSR count). The van der Waals surface area contributed by atoms with E-state index in [4.69, 9.17) is 4.43 Å². The van der Waals surface area contributed by atoms with Gasteiger partial charge in [-0.3, -0.25) is 9.59 Å². The Kier molecular flexibility index (Phi) is 6.48. The normalized spacial score (nSPS) is 16.9. The van der Waals surface area contributed by atoms with E-state index in [1.807, 2.05) is 12.1 Å². The van der Waals surface area contributed by atoms with E-state index in [2.05, 4.69) is 44.1 Å². The van der Waals surface area contributed by atoms with E-state index in [1.54, 1.807) is 29.2 Å². The largest absolute Gasteiger partial charge is 0.412 e. The van der Waals surface area contributed by atoms with Gasteiger partial charge in [-0.05, 0) is 48.3 Å². The van der Waals surface area contributed by atoms with Gasteiger partial charge in [0, 0.05) is 24.9 Å². The van der Waals surface area contributed by atoms with E-state index in [0.29, 0.717) is 30.6 Å². The molecule has 0 radical (unpaired) electrons. The topological polar surface area (TPSA) is 75.3 Å². The maximum atomic E-state index is 14.7. The predicted octanol–water partition coefficient (Wildman–Crippen LogP) is 4.89. The Morgan fingerprint density at radius 2 is 1.91 bits per heavy atom. The number of aromatic nitrogens is 2. The zero-order chi connectivity index (χ0) is 24.7. The summed E-state index contributed by atoms with van der Waals surface area (Å²) in [5, 5.41) is 8.11. The second-order valence-corrected chi connectivity index (χ2v) is 15.3. The van der Waals surface area contributed by atoms with Crippen LogP contribution in [0.15, 0.2) is 47.3 Å². The lowest BCUT2D eigenvalue weighted by molar-refractivity contribution is 0.0763. The average molecular weight is 482 g/mol. The van der Waals surface area contributed by atoms with Gasteiger partial charge in [-0.25, -0.2) is 9.49 Å². The van der Waals surface area contributed by atoms with Crippen molar-refractivity contribution in [1.82, 2.24) is 15.1 Å². The van der Waals surface area contributed by atoms with Crippen LogP contribution >= 0.6 is 0 Å². The van der Waals surface area contributed by atoms with Crippen molar-refractivity contribution < 1.29 is 13.6 Å². The molecule has 1 atom stereocenters. The average Bonchev–Trinajstić information content (AvgIpc) is 3.23. The first kappa shape index (κ1) is 24.3. The summed E-state index contributed by atoms with van der Waals surface area (Å²) in [7, 11) is -1.95. The highest BCUT2D eigenvalue weighted by Gasteiger charge is 2.41. The van der Waals surface area contributed by atoms with Crippen molar-refractivity contribution >= 4 is 25.0 Å². The summed E-state index contributed by atoms with van der Waals surface area (Å²) >= 11 is 0. The van der Waals surface area contributed by atoms with Crippen LogP contribution in [0.1, 0.15) is 48.8 Å². The first-order valence-electron chi connectivity index (χ1n) is 11.7. The van der Waals surface area contributed by atoms with E-state index in [0.717, 1.165) is 17.4 Å². The summed E-state index contributed by atoms with van der Waals surface area (Å²) in [5.74, 6) is -0.859. The van der Waals surface area contributed by atoms with E-state index >= 15 is 0 Å². The molecule has 1 saturated heterocycles. The lowest BCUT2D eigenvalue weighted by Gasteiger charge is -2.38. The number of carbonyl (C=O) groups is 1. The quantitative estimate of drug-likeness (QED) is 0.527. The lowest BCUT2D eigenvalue weighted by Crippen LogP contribution is -2.44. The van der Waals surface area contributed by atoms with Crippen LogP contribution in [0.25, 0.3) is 10.8 Å². The second-order valence-electron chi connectivity index (χ2n) is 10.6. The number of H-pyrrole nitrogens is 1. The van der Waals surface area contributed by atoms with Crippen LogP contribution in [0, 0.1) is 5.82 Å². The minimum atomic E-state index is -1.95. The predicted molar refractivity (Wildman–Crippen MR) is 134 cm³/mol. The molecule has 1 N–H and O–H groups in total. The molecule has 1 aromatic heterocycles. The molecule has 0 unspecified atom stereocenters. The van der Waals surface area contributed by atoms with Gasteiger partial charge in [0.15, 0.2) is 8.32 Å². The highest BCUT2D eigenvalue weighted by Crippen LogP contribution is 2.38. The van der Waals surface area contributed by atoms with Gasteiger partial charge in [-0.15, -0.1) is 0 Å². The molecule has 3 aromatic rings. The first-order chi connectivity index (χ1) is 16.0. The molecule has 180 valence electrons. The molecule has 34 heavy (non-hydrogen) atoms. The molecule has 0 aliphatic carbocycles. The van der Waals surface area contributed by atoms with Gasteiger partial charge < -0.3 is 9.33 Å². The van der Waals surface area contributed by atoms with Crippen LogP contribution in [-0.2, 0) is 10.8 Å². The molecule has 6 nitrogen and oxygen atoms in total. The van der Waals surface area contributed by atoms with Gasteiger partial charge in [-0.1, -0.05) is 45.0 Å². The fourth-order valence-corrected chi connectivity index (χ4v) is 5.50. The number of nitrogens with one attached hydrogen (secondary N) is 1. The van der Waals surface area contributed by atoms with Gasteiger partial charge >= 0.3 is 0 Å². The lowest BCUT2D eigenvalue weighted by atomic mass is 10.0. The number of amides is 1. The highest BCUT2D eigenvalue weighted by molar-refractivity contribution is 6.74. The number of hydrogen-bond acceptors (Lipinski definition) is 4. The third kappa shape index (κ3) is 4.83. The van der Waals surface area contributed by atoms with Crippen LogP contribution < -0.4 is 5.56 Å². The van der Waals surface area contributed by atoms with Gasteiger partial charge in [0.25, 0.3) is 11.5 Å². The van der Waals surface area contributed by atoms with Crippen molar-refractivity contribution in [1.29, 1.82) is 0 Å². The fraction of sp³-hybridized carbons (Fsp3) is 0.423. The Labute approximate surface area is 200 Å². The number of benzene rings is 2. The molecule has 1 aliphatic heterocycles. The van der Waals surface area contributed by atoms with E-state index < -0.39 is 14.1 Å².